The molecule has 0 spiro atoms. The molecule has 0 atom stereocenters. The third-order valence-electron chi connectivity index (χ3n) is 2.10. The highest BCUT2D eigenvalue weighted by Gasteiger charge is 2.16. The second-order valence-corrected chi connectivity index (χ2v) is 3.05. The minimum absolute atomic E-state index is 0.154. The average Bonchev–Trinajstić information content (AvgIpc) is 2.71. The smallest absolute Gasteiger partial charge is 0.235 e. The maximum atomic E-state index is 10.2. The van der Waals surface area contributed by atoms with Crippen LogP contribution in [0.4, 0.5) is 0 Å². The first-order valence-corrected chi connectivity index (χ1v) is 4.50. The van der Waals surface area contributed by atoms with Crippen molar-refractivity contribution < 1.29 is 19.1 Å². The number of benzene rings is 1. The topological polar surface area (TPSA) is 70.8 Å². The van der Waals surface area contributed by atoms with E-state index in [0.29, 0.717) is 22.8 Å². The van der Waals surface area contributed by atoms with Gasteiger partial charge in [0.05, 0.1) is 12.0 Å². The van der Waals surface area contributed by atoms with E-state index >= 15 is 0 Å². The van der Waals surface area contributed by atoms with Crippen molar-refractivity contribution in [1.82, 2.24) is 0 Å². The van der Waals surface area contributed by atoms with E-state index in [9.17, 15) is 10.1 Å². The minimum atomic E-state index is -0.538. The van der Waals surface area contributed by atoms with E-state index in [2.05, 4.69) is 0 Å². The first-order chi connectivity index (χ1) is 7.70. The Balaban J connectivity index is 2.39. The summed E-state index contributed by atoms with van der Waals surface area (Å²) in [5, 5.41) is 10.2. The van der Waals surface area contributed by atoms with Crippen LogP contribution in [0.25, 0.3) is 6.08 Å². The predicted molar refractivity (Wildman–Crippen MR) is 55.1 cm³/mol. The van der Waals surface area contributed by atoms with Gasteiger partial charge in [-0.25, -0.2) is 0 Å². The van der Waals surface area contributed by atoms with Crippen LogP contribution in [0.1, 0.15) is 5.56 Å². The normalized spacial score (nSPS) is 13.1. The predicted octanol–water partition coefficient (Wildman–Crippen LogP) is 1.67. The number of nitrogens with zero attached hydrogens (tertiary/aromatic N) is 1. The Bertz CT molecular complexity index is 455. The Morgan fingerprint density at radius 2 is 2.12 bits per heavy atom. The van der Waals surface area contributed by atoms with Crippen LogP contribution in [0.15, 0.2) is 18.3 Å². The van der Waals surface area contributed by atoms with E-state index in [4.69, 9.17) is 14.2 Å². The lowest BCUT2D eigenvalue weighted by Crippen LogP contribution is -1.92. The monoisotopic (exact) mass is 223 g/mol. The lowest BCUT2D eigenvalue weighted by Gasteiger charge is -2.05. The number of rotatable bonds is 3. The number of hydrogen-bond acceptors (Lipinski definition) is 5. The molecule has 1 heterocycles. The van der Waals surface area contributed by atoms with Gasteiger partial charge in [0.1, 0.15) is 5.75 Å². The summed E-state index contributed by atoms with van der Waals surface area (Å²) in [6.45, 7) is 0.154. The van der Waals surface area contributed by atoms with Gasteiger partial charge in [0, 0.05) is 17.7 Å². The highest BCUT2D eigenvalue weighted by Crippen LogP contribution is 2.38. The lowest BCUT2D eigenvalue weighted by molar-refractivity contribution is -0.400. The zero-order chi connectivity index (χ0) is 11.5. The quantitative estimate of drug-likeness (QED) is 0.575. The van der Waals surface area contributed by atoms with Gasteiger partial charge in [-0.1, -0.05) is 0 Å². The van der Waals surface area contributed by atoms with Gasteiger partial charge in [0.15, 0.2) is 11.5 Å². The molecule has 0 bridgehead atoms. The largest absolute Gasteiger partial charge is 0.496 e. The van der Waals surface area contributed by atoms with Crippen LogP contribution in [0, 0.1) is 10.1 Å². The average molecular weight is 223 g/mol. The summed E-state index contributed by atoms with van der Waals surface area (Å²) in [5.74, 6) is 1.64. The molecule has 1 aromatic rings. The van der Waals surface area contributed by atoms with Gasteiger partial charge >= 0.3 is 0 Å². The highest BCUT2D eigenvalue weighted by atomic mass is 16.7. The van der Waals surface area contributed by atoms with Crippen molar-refractivity contribution in [2.45, 2.75) is 0 Å². The summed E-state index contributed by atoms with van der Waals surface area (Å²) >= 11 is 0. The second-order valence-electron chi connectivity index (χ2n) is 3.05. The lowest BCUT2D eigenvalue weighted by atomic mass is 10.1. The molecule has 0 fully saturated rings. The van der Waals surface area contributed by atoms with Crippen LogP contribution < -0.4 is 14.2 Å². The van der Waals surface area contributed by atoms with Gasteiger partial charge in [0.25, 0.3) is 0 Å². The first-order valence-electron chi connectivity index (χ1n) is 4.50. The number of hydrogen-bond donors (Lipinski definition) is 0. The number of ether oxygens (including phenoxy) is 3. The standard InChI is InChI=1S/C10H9NO5/c1-14-8-5-10-9(15-6-16-10)4-7(8)2-3-11(12)13/h2-5H,6H2,1H3/b3-2+. The van der Waals surface area contributed by atoms with Crippen molar-refractivity contribution in [3.05, 3.63) is 34.0 Å². The maximum absolute atomic E-state index is 10.2. The zero-order valence-corrected chi connectivity index (χ0v) is 8.50. The Morgan fingerprint density at radius 1 is 1.44 bits per heavy atom. The summed E-state index contributed by atoms with van der Waals surface area (Å²) in [7, 11) is 1.49. The van der Waals surface area contributed by atoms with Gasteiger partial charge in [-0.15, -0.1) is 0 Å². The van der Waals surface area contributed by atoms with Crippen LogP contribution in [0.3, 0.4) is 0 Å². The molecular formula is C10H9NO5. The van der Waals surface area contributed by atoms with Crippen LogP contribution >= 0.6 is 0 Å². The van der Waals surface area contributed by atoms with Crippen molar-refractivity contribution in [2.24, 2.45) is 0 Å². The molecule has 84 valence electrons. The fourth-order valence-electron chi connectivity index (χ4n) is 1.39. The molecule has 0 aromatic heterocycles. The summed E-state index contributed by atoms with van der Waals surface area (Å²) in [6.07, 6.45) is 2.20. The summed E-state index contributed by atoms with van der Waals surface area (Å²) < 4.78 is 15.4. The molecule has 1 aliphatic heterocycles. The van der Waals surface area contributed by atoms with Crippen molar-refractivity contribution in [3.8, 4) is 17.2 Å². The molecule has 1 aromatic carbocycles. The van der Waals surface area contributed by atoms with E-state index in [1.54, 1.807) is 12.1 Å². The highest BCUT2D eigenvalue weighted by molar-refractivity contribution is 5.63. The molecule has 0 saturated carbocycles. The minimum Gasteiger partial charge on any atom is -0.496 e. The van der Waals surface area contributed by atoms with Gasteiger partial charge < -0.3 is 14.2 Å². The maximum Gasteiger partial charge on any atom is 0.235 e. The van der Waals surface area contributed by atoms with Crippen molar-refractivity contribution >= 4 is 6.08 Å². The molecule has 1 aliphatic rings. The third-order valence-corrected chi connectivity index (χ3v) is 2.10. The fourth-order valence-corrected chi connectivity index (χ4v) is 1.39. The molecular weight excluding hydrogens is 214 g/mol. The Hall–Kier alpha value is -2.24. The van der Waals surface area contributed by atoms with E-state index in [1.165, 1.54) is 13.2 Å². The Morgan fingerprint density at radius 3 is 2.75 bits per heavy atom. The van der Waals surface area contributed by atoms with Gasteiger partial charge in [-0.2, -0.15) is 0 Å². The molecule has 16 heavy (non-hydrogen) atoms. The van der Waals surface area contributed by atoms with Crippen molar-refractivity contribution in [1.29, 1.82) is 0 Å². The molecule has 2 rings (SSSR count). The second kappa shape index (κ2) is 4.09. The van der Waals surface area contributed by atoms with E-state index in [1.807, 2.05) is 0 Å². The fraction of sp³-hybridized carbons (Fsp3) is 0.200. The number of fused-ring (bicyclic) bond motifs is 1. The van der Waals surface area contributed by atoms with Crippen LogP contribution in [-0.2, 0) is 0 Å². The van der Waals surface area contributed by atoms with Crippen LogP contribution in [0.2, 0.25) is 0 Å². The van der Waals surface area contributed by atoms with Gasteiger partial charge in [0.2, 0.25) is 13.0 Å². The molecule has 0 aliphatic carbocycles. The van der Waals surface area contributed by atoms with Gasteiger partial charge in [-0.05, 0) is 6.07 Å². The molecule has 0 unspecified atom stereocenters. The summed E-state index contributed by atoms with van der Waals surface area (Å²) in [6, 6.07) is 3.28. The number of methoxy groups -OCH3 is 1. The molecule has 0 radical (unpaired) electrons. The number of nitro groups is 1. The molecule has 6 heteroatoms. The Kier molecular flexibility index (Phi) is 2.63. The SMILES string of the molecule is COc1cc2c(cc1/C=C/[N+](=O)[O-])OCO2. The van der Waals surface area contributed by atoms with E-state index < -0.39 is 4.92 Å². The zero-order valence-electron chi connectivity index (χ0n) is 8.50. The molecule has 0 amide bonds. The van der Waals surface area contributed by atoms with Crippen molar-refractivity contribution in [3.63, 3.8) is 0 Å². The summed E-state index contributed by atoms with van der Waals surface area (Å²) in [4.78, 5) is 9.69. The van der Waals surface area contributed by atoms with E-state index in [0.717, 1.165) is 6.20 Å². The summed E-state index contributed by atoms with van der Waals surface area (Å²) in [5.41, 5.74) is 0.573. The van der Waals surface area contributed by atoms with Crippen LogP contribution in [0.5, 0.6) is 17.2 Å². The molecule has 6 nitrogen and oxygen atoms in total. The van der Waals surface area contributed by atoms with E-state index in [-0.39, 0.29) is 6.79 Å². The van der Waals surface area contributed by atoms with Crippen LogP contribution in [-0.4, -0.2) is 18.8 Å². The molecule has 0 saturated heterocycles. The Labute approximate surface area is 91.2 Å². The third kappa shape index (κ3) is 1.90. The molecule has 0 N–H and O–H groups in total. The van der Waals surface area contributed by atoms with Gasteiger partial charge in [-0.3, -0.25) is 10.1 Å². The first kappa shape index (κ1) is 10.3. The van der Waals surface area contributed by atoms with Crippen molar-refractivity contribution in [2.75, 3.05) is 13.9 Å².